The average Bonchev–Trinajstić information content (AvgIpc) is 2.72. The number of guanidine groups is 1. The number of halogens is 1. The lowest BCUT2D eigenvalue weighted by molar-refractivity contribution is 0.369. The number of benzene rings is 1. The molecule has 0 unspecified atom stereocenters. The van der Waals surface area contributed by atoms with Crippen LogP contribution in [0.4, 0.5) is 0 Å². The van der Waals surface area contributed by atoms with Gasteiger partial charge in [0.05, 0.1) is 33.4 Å². The molecule has 1 heterocycles. The number of hydrogen-bond donors (Lipinski definition) is 2. The number of hydrogen-bond acceptors (Lipinski definition) is 5. The van der Waals surface area contributed by atoms with Crippen molar-refractivity contribution in [2.75, 3.05) is 34.4 Å². The van der Waals surface area contributed by atoms with Crippen LogP contribution in [0.25, 0.3) is 0 Å². The van der Waals surface area contributed by atoms with Gasteiger partial charge in [-0.3, -0.25) is 4.98 Å². The third-order valence-electron chi connectivity index (χ3n) is 3.96. The summed E-state index contributed by atoms with van der Waals surface area (Å²) in [5.74, 6) is 2.77. The van der Waals surface area contributed by atoms with E-state index in [1.807, 2.05) is 37.3 Å². The summed E-state index contributed by atoms with van der Waals surface area (Å²) in [7, 11) is 4.86. The molecule has 8 heteroatoms. The van der Waals surface area contributed by atoms with Gasteiger partial charge in [-0.2, -0.15) is 0 Å². The molecule has 0 atom stereocenters. The van der Waals surface area contributed by atoms with E-state index in [4.69, 9.17) is 14.2 Å². The fourth-order valence-electron chi connectivity index (χ4n) is 2.59. The van der Waals surface area contributed by atoms with Crippen LogP contribution >= 0.6 is 24.0 Å². The van der Waals surface area contributed by atoms with Crippen LogP contribution in [-0.4, -0.2) is 45.4 Å². The van der Waals surface area contributed by atoms with Crippen LogP contribution in [0, 0.1) is 0 Å². The van der Waals surface area contributed by atoms with Gasteiger partial charge in [-0.05, 0) is 19.1 Å². The Morgan fingerprint density at radius 2 is 1.75 bits per heavy atom. The summed E-state index contributed by atoms with van der Waals surface area (Å²) in [4.78, 5) is 8.99. The molecule has 0 radical (unpaired) electrons. The Morgan fingerprint density at radius 1 is 1.04 bits per heavy atom. The van der Waals surface area contributed by atoms with E-state index in [2.05, 4.69) is 20.6 Å². The predicted molar refractivity (Wildman–Crippen MR) is 122 cm³/mol. The molecule has 28 heavy (non-hydrogen) atoms. The van der Waals surface area contributed by atoms with Crippen LogP contribution in [0.5, 0.6) is 17.2 Å². The molecular weight excluding hydrogens is 471 g/mol. The van der Waals surface area contributed by atoms with Gasteiger partial charge in [0.25, 0.3) is 0 Å². The minimum Gasteiger partial charge on any atom is -0.496 e. The van der Waals surface area contributed by atoms with Gasteiger partial charge in [-0.15, -0.1) is 24.0 Å². The maximum Gasteiger partial charge on any atom is 0.191 e. The zero-order valence-electron chi connectivity index (χ0n) is 16.8. The van der Waals surface area contributed by atoms with Crippen molar-refractivity contribution in [3.63, 3.8) is 0 Å². The van der Waals surface area contributed by atoms with Gasteiger partial charge in [0.2, 0.25) is 0 Å². The summed E-state index contributed by atoms with van der Waals surface area (Å²) in [6.07, 6.45) is 2.62. The maximum absolute atomic E-state index is 5.48. The molecule has 2 aromatic rings. The van der Waals surface area contributed by atoms with Gasteiger partial charge >= 0.3 is 0 Å². The van der Waals surface area contributed by atoms with E-state index in [0.717, 1.165) is 36.7 Å². The average molecular weight is 500 g/mol. The van der Waals surface area contributed by atoms with E-state index < -0.39 is 0 Å². The highest BCUT2D eigenvalue weighted by Gasteiger charge is 2.13. The van der Waals surface area contributed by atoms with Gasteiger partial charge in [-0.25, -0.2) is 4.99 Å². The highest BCUT2D eigenvalue weighted by atomic mass is 127. The summed E-state index contributed by atoms with van der Waals surface area (Å²) in [5, 5.41) is 6.58. The fourth-order valence-corrected chi connectivity index (χ4v) is 2.59. The first-order chi connectivity index (χ1) is 13.2. The molecule has 154 valence electrons. The quantitative estimate of drug-likeness (QED) is 0.313. The van der Waals surface area contributed by atoms with Crippen LogP contribution in [-0.2, 0) is 13.0 Å². The molecule has 0 fully saturated rings. The van der Waals surface area contributed by atoms with E-state index in [-0.39, 0.29) is 24.0 Å². The number of ether oxygens (including phenoxy) is 3. The Hall–Kier alpha value is -2.23. The van der Waals surface area contributed by atoms with E-state index in [9.17, 15) is 0 Å². The maximum atomic E-state index is 5.48. The first-order valence-corrected chi connectivity index (χ1v) is 8.92. The second-order valence-electron chi connectivity index (χ2n) is 5.70. The molecule has 2 N–H and O–H groups in total. The summed E-state index contributed by atoms with van der Waals surface area (Å²) in [5.41, 5.74) is 1.90. The van der Waals surface area contributed by atoms with Crippen molar-refractivity contribution in [2.45, 2.75) is 19.9 Å². The van der Waals surface area contributed by atoms with E-state index >= 15 is 0 Å². The Morgan fingerprint density at radius 3 is 2.29 bits per heavy atom. The second-order valence-corrected chi connectivity index (χ2v) is 5.70. The van der Waals surface area contributed by atoms with Crippen LogP contribution in [0.15, 0.2) is 41.5 Å². The predicted octanol–water partition coefficient (Wildman–Crippen LogP) is 3.02. The molecule has 0 aliphatic heterocycles. The molecular formula is C20H29IN4O3. The lowest BCUT2D eigenvalue weighted by Gasteiger charge is -2.15. The number of pyridine rings is 1. The normalized spacial score (nSPS) is 10.6. The third-order valence-corrected chi connectivity index (χ3v) is 3.96. The second kappa shape index (κ2) is 13.0. The Balaban J connectivity index is 0.00000392. The largest absolute Gasteiger partial charge is 0.496 e. The topological polar surface area (TPSA) is 77.0 Å². The standard InChI is InChI=1S/C20H28N4O3.HI/c1-5-21-20(23-11-9-15-8-6-7-10-22-15)24-14-17-18(26-3)12-16(25-2)13-19(17)27-4;/h6-8,10,12-13H,5,9,11,14H2,1-4H3,(H2,21,23,24);1H. The molecule has 0 amide bonds. The van der Waals surface area contributed by atoms with Crippen LogP contribution in [0.1, 0.15) is 18.2 Å². The molecule has 1 aromatic carbocycles. The van der Waals surface area contributed by atoms with Crippen molar-refractivity contribution in [1.29, 1.82) is 0 Å². The molecule has 1 aromatic heterocycles. The molecule has 0 spiro atoms. The first-order valence-electron chi connectivity index (χ1n) is 8.92. The van der Waals surface area contributed by atoms with Crippen LogP contribution < -0.4 is 24.8 Å². The van der Waals surface area contributed by atoms with Crippen molar-refractivity contribution in [2.24, 2.45) is 4.99 Å². The van der Waals surface area contributed by atoms with Gasteiger partial charge in [0, 0.05) is 43.5 Å². The zero-order valence-corrected chi connectivity index (χ0v) is 19.2. The number of methoxy groups -OCH3 is 3. The number of nitrogens with zero attached hydrogens (tertiary/aromatic N) is 2. The Labute approximate surface area is 183 Å². The third kappa shape index (κ3) is 7.06. The molecule has 0 aliphatic rings. The lowest BCUT2D eigenvalue weighted by Crippen LogP contribution is -2.38. The minimum atomic E-state index is 0. The van der Waals surface area contributed by atoms with Crippen molar-refractivity contribution < 1.29 is 14.2 Å². The molecule has 0 saturated carbocycles. The van der Waals surface area contributed by atoms with E-state index in [1.165, 1.54) is 0 Å². The molecule has 7 nitrogen and oxygen atoms in total. The molecule has 0 bridgehead atoms. The highest BCUT2D eigenvalue weighted by Crippen LogP contribution is 2.34. The number of aliphatic imine (C=N–C) groups is 1. The highest BCUT2D eigenvalue weighted by molar-refractivity contribution is 14.0. The Kier molecular flexibility index (Phi) is 11.1. The van der Waals surface area contributed by atoms with Gasteiger partial charge in [0.15, 0.2) is 5.96 Å². The van der Waals surface area contributed by atoms with Gasteiger partial charge in [-0.1, -0.05) is 6.07 Å². The summed E-state index contributed by atoms with van der Waals surface area (Å²) >= 11 is 0. The molecule has 0 saturated heterocycles. The molecule has 2 rings (SSSR count). The fraction of sp³-hybridized carbons (Fsp3) is 0.400. The van der Waals surface area contributed by atoms with Gasteiger partial charge in [0.1, 0.15) is 17.2 Å². The monoisotopic (exact) mass is 500 g/mol. The smallest absolute Gasteiger partial charge is 0.191 e. The summed E-state index contributed by atoms with van der Waals surface area (Å²) < 4.78 is 16.3. The first kappa shape index (κ1) is 23.8. The van der Waals surface area contributed by atoms with Gasteiger partial charge < -0.3 is 24.8 Å². The summed E-state index contributed by atoms with van der Waals surface area (Å²) in [6, 6.07) is 9.57. The van der Waals surface area contributed by atoms with Crippen molar-refractivity contribution >= 4 is 29.9 Å². The number of rotatable bonds is 9. The number of aromatic nitrogens is 1. The van der Waals surface area contributed by atoms with Crippen LogP contribution in [0.3, 0.4) is 0 Å². The zero-order chi connectivity index (χ0) is 19.5. The molecule has 0 aliphatic carbocycles. The van der Waals surface area contributed by atoms with Crippen molar-refractivity contribution in [3.8, 4) is 17.2 Å². The Bertz CT molecular complexity index is 716. The van der Waals surface area contributed by atoms with E-state index in [0.29, 0.717) is 23.8 Å². The SMILES string of the molecule is CCNC(=NCc1c(OC)cc(OC)cc1OC)NCCc1ccccn1.I. The summed E-state index contributed by atoms with van der Waals surface area (Å²) in [6.45, 7) is 3.95. The minimum absolute atomic E-state index is 0. The van der Waals surface area contributed by atoms with E-state index in [1.54, 1.807) is 27.5 Å². The van der Waals surface area contributed by atoms with Crippen molar-refractivity contribution in [3.05, 3.63) is 47.8 Å². The van der Waals surface area contributed by atoms with Crippen molar-refractivity contribution in [1.82, 2.24) is 15.6 Å². The lowest BCUT2D eigenvalue weighted by atomic mass is 10.1. The number of nitrogens with one attached hydrogen (secondary N) is 2. The van der Waals surface area contributed by atoms with Crippen LogP contribution in [0.2, 0.25) is 0 Å².